The topological polar surface area (TPSA) is 128 Å². The summed E-state index contributed by atoms with van der Waals surface area (Å²) in [4.78, 5) is 13.7. The molecule has 6 atom stereocenters. The van der Waals surface area contributed by atoms with Crippen LogP contribution in [-0.4, -0.2) is 81.2 Å². The molecule has 0 bridgehead atoms. The SMILES string of the molecule is CC(C)CN[C@H]1CO[C@@H]2OC[C@H](OC(=O)C[C@@H](Cc3ccccc3)[C@H](O)CN(CC(C)C)S(=O)(=O)c3ccc4occ(C(C)C)c4c3)[C@@H]21. The van der Waals surface area contributed by atoms with Crippen molar-refractivity contribution >= 4 is 27.0 Å². The molecule has 5 rings (SSSR count). The molecular formula is C37H52N2O8S. The fourth-order valence-corrected chi connectivity index (χ4v) is 8.36. The number of hydrogen-bond acceptors (Lipinski definition) is 9. The van der Waals surface area contributed by atoms with E-state index in [4.69, 9.17) is 18.6 Å². The maximum atomic E-state index is 14.2. The Morgan fingerprint density at radius 1 is 1.00 bits per heavy atom. The molecule has 264 valence electrons. The molecule has 0 spiro atoms. The zero-order valence-corrected chi connectivity index (χ0v) is 29.8. The van der Waals surface area contributed by atoms with Gasteiger partial charge in [-0.3, -0.25) is 4.79 Å². The summed E-state index contributed by atoms with van der Waals surface area (Å²) in [6.45, 7) is 13.8. The van der Waals surface area contributed by atoms with Crippen molar-refractivity contribution in [1.29, 1.82) is 0 Å². The van der Waals surface area contributed by atoms with Gasteiger partial charge in [0.1, 0.15) is 11.7 Å². The number of esters is 1. The van der Waals surface area contributed by atoms with Crippen LogP contribution in [0.4, 0.5) is 0 Å². The van der Waals surface area contributed by atoms with Crippen molar-refractivity contribution in [2.75, 3.05) is 32.8 Å². The van der Waals surface area contributed by atoms with E-state index in [0.29, 0.717) is 24.5 Å². The molecule has 0 amide bonds. The van der Waals surface area contributed by atoms with Crippen molar-refractivity contribution in [3.8, 4) is 0 Å². The van der Waals surface area contributed by atoms with Crippen molar-refractivity contribution in [1.82, 2.24) is 9.62 Å². The monoisotopic (exact) mass is 684 g/mol. The van der Waals surface area contributed by atoms with Gasteiger partial charge in [-0.25, -0.2) is 8.42 Å². The van der Waals surface area contributed by atoms with Gasteiger partial charge in [0.05, 0.1) is 42.8 Å². The van der Waals surface area contributed by atoms with Crippen LogP contribution in [0.5, 0.6) is 0 Å². The summed E-state index contributed by atoms with van der Waals surface area (Å²) in [5.74, 6) is -0.570. The van der Waals surface area contributed by atoms with Gasteiger partial charge in [-0.1, -0.05) is 71.9 Å². The fraction of sp³-hybridized carbons (Fsp3) is 0.595. The van der Waals surface area contributed by atoms with E-state index in [1.807, 2.05) is 58.0 Å². The maximum Gasteiger partial charge on any atom is 0.306 e. The van der Waals surface area contributed by atoms with Gasteiger partial charge in [-0.15, -0.1) is 0 Å². The molecule has 0 unspecified atom stereocenters. The lowest BCUT2D eigenvalue weighted by Gasteiger charge is -2.30. The van der Waals surface area contributed by atoms with E-state index in [1.54, 1.807) is 24.5 Å². The largest absolute Gasteiger partial charge is 0.464 e. The zero-order valence-electron chi connectivity index (χ0n) is 29.0. The second-order valence-corrected chi connectivity index (χ2v) is 16.4. The van der Waals surface area contributed by atoms with Crippen LogP contribution >= 0.6 is 0 Å². The van der Waals surface area contributed by atoms with E-state index < -0.39 is 40.4 Å². The van der Waals surface area contributed by atoms with Crippen LogP contribution in [0.3, 0.4) is 0 Å². The van der Waals surface area contributed by atoms with Gasteiger partial charge in [-0.05, 0) is 54.5 Å². The molecule has 11 heteroatoms. The first-order valence-corrected chi connectivity index (χ1v) is 18.7. The van der Waals surface area contributed by atoms with Gasteiger partial charge in [0.2, 0.25) is 10.0 Å². The van der Waals surface area contributed by atoms with Gasteiger partial charge in [-0.2, -0.15) is 4.31 Å². The Morgan fingerprint density at radius 2 is 1.73 bits per heavy atom. The molecule has 1 aromatic heterocycles. The van der Waals surface area contributed by atoms with Gasteiger partial charge >= 0.3 is 5.97 Å². The van der Waals surface area contributed by atoms with Gasteiger partial charge < -0.3 is 29.1 Å². The first-order chi connectivity index (χ1) is 22.8. The molecule has 10 nitrogen and oxygen atoms in total. The molecule has 2 N–H and O–H groups in total. The Kier molecular flexibility index (Phi) is 12.0. The van der Waals surface area contributed by atoms with Crippen molar-refractivity contribution in [3.63, 3.8) is 0 Å². The molecule has 2 fully saturated rings. The predicted molar refractivity (Wildman–Crippen MR) is 184 cm³/mol. The van der Waals surface area contributed by atoms with Gasteiger partial charge in [0.15, 0.2) is 6.29 Å². The molecule has 2 saturated heterocycles. The van der Waals surface area contributed by atoms with E-state index in [9.17, 15) is 18.3 Å². The third kappa shape index (κ3) is 8.67. The normalized spacial score (nSPS) is 22.6. The van der Waals surface area contributed by atoms with Crippen LogP contribution < -0.4 is 5.32 Å². The lowest BCUT2D eigenvalue weighted by Crippen LogP contribution is -2.44. The second kappa shape index (κ2) is 15.8. The number of carbonyl (C=O) groups is 1. The van der Waals surface area contributed by atoms with Crippen LogP contribution in [0.15, 0.2) is 64.1 Å². The Morgan fingerprint density at radius 3 is 2.42 bits per heavy atom. The maximum absolute atomic E-state index is 14.2. The molecule has 3 aromatic rings. The number of nitrogens with one attached hydrogen (secondary N) is 1. The number of rotatable bonds is 16. The van der Waals surface area contributed by atoms with E-state index in [2.05, 4.69) is 19.2 Å². The van der Waals surface area contributed by atoms with Crippen LogP contribution in [0.25, 0.3) is 11.0 Å². The highest BCUT2D eigenvalue weighted by atomic mass is 32.2. The summed E-state index contributed by atoms with van der Waals surface area (Å²) in [5.41, 5.74) is 2.49. The first kappa shape index (κ1) is 36.5. The smallest absolute Gasteiger partial charge is 0.306 e. The Balaban J connectivity index is 1.34. The number of aliphatic hydroxyl groups excluding tert-OH is 1. The molecule has 48 heavy (non-hydrogen) atoms. The average Bonchev–Trinajstić information content (AvgIpc) is 3.75. The minimum atomic E-state index is -4.01. The second-order valence-electron chi connectivity index (χ2n) is 14.5. The highest BCUT2D eigenvalue weighted by molar-refractivity contribution is 7.89. The number of sulfonamides is 1. The number of nitrogens with zero attached hydrogens (tertiary/aromatic N) is 1. The lowest BCUT2D eigenvalue weighted by molar-refractivity contribution is -0.153. The molecule has 0 aliphatic carbocycles. The Hall–Kier alpha value is -2.80. The molecule has 2 aromatic carbocycles. The molecule has 3 heterocycles. The number of furan rings is 1. The molecule has 2 aliphatic rings. The standard InChI is InChI=1S/C37H52N2O8S/c1-23(2)17-38-31-21-45-37-36(31)34(22-46-37)47-35(41)15-27(14-26-10-8-7-9-11-26)32(40)19-39(18-24(3)4)48(42,43)28-12-13-33-29(16-28)30(20-44-33)25(5)6/h7-13,16,20,23-25,27,31-32,34,36-38,40H,14-15,17-19,21-22H2,1-6H3/t27-,31+,32-,34+,36+,37-/m1/s1. The van der Waals surface area contributed by atoms with E-state index in [1.165, 1.54) is 4.31 Å². The lowest BCUT2D eigenvalue weighted by atomic mass is 9.90. The minimum absolute atomic E-state index is 0.00501. The summed E-state index contributed by atoms with van der Waals surface area (Å²) in [6, 6.07) is 14.5. The average molecular weight is 685 g/mol. The predicted octanol–water partition coefficient (Wildman–Crippen LogP) is 5.34. The van der Waals surface area contributed by atoms with Crippen molar-refractivity contribution in [2.45, 2.75) is 89.7 Å². The third-order valence-electron chi connectivity index (χ3n) is 9.25. The molecular weight excluding hydrogens is 632 g/mol. The first-order valence-electron chi connectivity index (χ1n) is 17.2. The Bertz CT molecular complexity index is 1610. The summed E-state index contributed by atoms with van der Waals surface area (Å²) < 4.78 is 53.0. The summed E-state index contributed by atoms with van der Waals surface area (Å²) in [7, 11) is -4.01. The van der Waals surface area contributed by atoms with E-state index >= 15 is 0 Å². The van der Waals surface area contributed by atoms with Crippen LogP contribution in [0.1, 0.15) is 65.0 Å². The number of ether oxygens (including phenoxy) is 3. The van der Waals surface area contributed by atoms with Crippen LogP contribution in [0, 0.1) is 23.7 Å². The summed E-state index contributed by atoms with van der Waals surface area (Å²) >= 11 is 0. The van der Waals surface area contributed by atoms with E-state index in [-0.39, 0.29) is 54.8 Å². The highest BCUT2D eigenvalue weighted by Crippen LogP contribution is 2.35. The van der Waals surface area contributed by atoms with Crippen molar-refractivity contribution < 1.29 is 36.9 Å². The highest BCUT2D eigenvalue weighted by Gasteiger charge is 2.50. The summed E-state index contributed by atoms with van der Waals surface area (Å²) in [6.07, 6.45) is -0.0719. The number of benzene rings is 2. The van der Waals surface area contributed by atoms with Crippen LogP contribution in [-0.2, 0) is 35.4 Å². The number of carbonyl (C=O) groups excluding carboxylic acids is 1. The van der Waals surface area contributed by atoms with Gasteiger partial charge in [0, 0.05) is 36.0 Å². The van der Waals surface area contributed by atoms with Crippen molar-refractivity contribution in [2.24, 2.45) is 23.7 Å². The van der Waals surface area contributed by atoms with Gasteiger partial charge in [0.25, 0.3) is 0 Å². The van der Waals surface area contributed by atoms with Crippen molar-refractivity contribution in [3.05, 3.63) is 65.9 Å². The number of hydrogen-bond donors (Lipinski definition) is 2. The molecule has 0 saturated carbocycles. The Labute approximate surface area is 285 Å². The molecule has 2 aliphatic heterocycles. The van der Waals surface area contributed by atoms with E-state index in [0.717, 1.165) is 23.1 Å². The quantitative estimate of drug-likeness (QED) is 0.192. The zero-order chi connectivity index (χ0) is 34.6. The molecule has 0 radical (unpaired) electrons. The number of fused-ring (bicyclic) bond motifs is 2. The fourth-order valence-electron chi connectivity index (χ4n) is 6.71. The summed E-state index contributed by atoms with van der Waals surface area (Å²) in [5, 5.41) is 16.0. The number of aliphatic hydroxyl groups is 1. The van der Waals surface area contributed by atoms with Crippen LogP contribution in [0.2, 0.25) is 0 Å². The minimum Gasteiger partial charge on any atom is -0.464 e. The third-order valence-corrected chi connectivity index (χ3v) is 11.1.